The van der Waals surface area contributed by atoms with Crippen molar-refractivity contribution in [1.82, 2.24) is 14.5 Å². The van der Waals surface area contributed by atoms with Crippen LogP contribution in [0, 0.1) is 13.8 Å². The Bertz CT molecular complexity index is 1890. The number of benzene rings is 4. The third kappa shape index (κ3) is 6.87. The van der Waals surface area contributed by atoms with Gasteiger partial charge >= 0.3 is 5.97 Å². The minimum Gasteiger partial charge on any atom is -0.465 e. The molecule has 1 aliphatic heterocycles. The van der Waals surface area contributed by atoms with Crippen LogP contribution < -0.4 is 5.32 Å². The number of esters is 1. The number of aryl methyl sites for hydroxylation is 2. The molecule has 0 saturated carbocycles. The van der Waals surface area contributed by atoms with E-state index in [0.29, 0.717) is 53.8 Å². The lowest BCUT2D eigenvalue weighted by Gasteiger charge is -2.32. The van der Waals surface area contributed by atoms with Crippen molar-refractivity contribution in [1.29, 1.82) is 0 Å². The fourth-order valence-corrected chi connectivity index (χ4v) is 6.30. The maximum atomic E-state index is 13.9. The molecule has 6 rings (SSSR count). The number of amides is 2. The Morgan fingerprint density at radius 2 is 1.51 bits per heavy atom. The van der Waals surface area contributed by atoms with Gasteiger partial charge in [0.25, 0.3) is 11.8 Å². The molecule has 0 atom stereocenters. The summed E-state index contributed by atoms with van der Waals surface area (Å²) >= 11 is 0. The van der Waals surface area contributed by atoms with Gasteiger partial charge in [-0.05, 0) is 73.6 Å². The van der Waals surface area contributed by atoms with E-state index in [0.717, 1.165) is 40.9 Å². The van der Waals surface area contributed by atoms with E-state index >= 15 is 0 Å². The molecule has 238 valence electrons. The van der Waals surface area contributed by atoms with Crippen LogP contribution in [0.1, 0.15) is 72.3 Å². The van der Waals surface area contributed by atoms with Crippen LogP contribution in [0.15, 0.2) is 103 Å². The normalized spacial score (nSPS) is 13.3. The molecule has 0 unspecified atom stereocenters. The van der Waals surface area contributed by atoms with Gasteiger partial charge < -0.3 is 19.5 Å². The Labute approximate surface area is 275 Å². The zero-order valence-corrected chi connectivity index (χ0v) is 26.9. The highest BCUT2D eigenvalue weighted by molar-refractivity contribution is 6.05. The molecule has 1 aliphatic rings. The number of anilines is 1. The maximum Gasteiger partial charge on any atom is 0.337 e. The summed E-state index contributed by atoms with van der Waals surface area (Å²) in [5, 5.41) is 3.06. The minimum absolute atomic E-state index is 0.0465. The van der Waals surface area contributed by atoms with E-state index in [1.54, 1.807) is 18.2 Å². The molecule has 8 heteroatoms. The SMILES string of the molecule is COC(=O)c1ccc(C2CCN(C(=O)c3cc(NC(=O)c4c(C)nc(-c5ccccc5)n4Cc4ccccc4)ccc3C)CC2)cc1. The van der Waals surface area contributed by atoms with Crippen LogP contribution in [0.25, 0.3) is 11.4 Å². The van der Waals surface area contributed by atoms with E-state index in [2.05, 4.69) is 5.32 Å². The van der Waals surface area contributed by atoms with E-state index in [4.69, 9.17) is 9.72 Å². The van der Waals surface area contributed by atoms with Gasteiger partial charge in [0.05, 0.1) is 18.4 Å². The van der Waals surface area contributed by atoms with E-state index in [1.165, 1.54) is 7.11 Å². The molecule has 0 bridgehead atoms. The number of hydrogen-bond acceptors (Lipinski definition) is 5. The van der Waals surface area contributed by atoms with Crippen LogP contribution in [-0.4, -0.2) is 52.4 Å². The molecule has 1 N–H and O–H groups in total. The number of likely N-dealkylation sites (tertiary alicyclic amines) is 1. The van der Waals surface area contributed by atoms with Crippen LogP contribution in [0.4, 0.5) is 5.69 Å². The average Bonchev–Trinajstić information content (AvgIpc) is 3.44. The summed E-state index contributed by atoms with van der Waals surface area (Å²) in [6.45, 7) is 5.50. The summed E-state index contributed by atoms with van der Waals surface area (Å²) < 4.78 is 6.77. The molecular formula is C39H38N4O4. The van der Waals surface area contributed by atoms with E-state index in [9.17, 15) is 14.4 Å². The zero-order valence-electron chi connectivity index (χ0n) is 26.9. The smallest absolute Gasteiger partial charge is 0.337 e. The highest BCUT2D eigenvalue weighted by atomic mass is 16.5. The van der Waals surface area contributed by atoms with Crippen molar-refractivity contribution < 1.29 is 19.1 Å². The molecule has 4 aromatic carbocycles. The summed E-state index contributed by atoms with van der Waals surface area (Å²) in [5.74, 6) is 0.349. The Hall–Kier alpha value is -5.50. The number of rotatable bonds is 8. The number of aromatic nitrogens is 2. The average molecular weight is 627 g/mol. The van der Waals surface area contributed by atoms with Crippen molar-refractivity contribution in [2.75, 3.05) is 25.5 Å². The first-order valence-corrected chi connectivity index (χ1v) is 15.9. The first-order valence-electron chi connectivity index (χ1n) is 15.9. The third-order valence-corrected chi connectivity index (χ3v) is 8.88. The van der Waals surface area contributed by atoms with Crippen LogP contribution in [0.3, 0.4) is 0 Å². The summed E-state index contributed by atoms with van der Waals surface area (Å²) in [6.07, 6.45) is 1.65. The number of nitrogens with zero attached hydrogens (tertiary/aromatic N) is 3. The van der Waals surface area contributed by atoms with Gasteiger partial charge in [0.2, 0.25) is 0 Å². The minimum atomic E-state index is -0.351. The first kappa shape index (κ1) is 31.5. The van der Waals surface area contributed by atoms with Gasteiger partial charge in [-0.2, -0.15) is 0 Å². The molecule has 0 spiro atoms. The number of methoxy groups -OCH3 is 1. The van der Waals surface area contributed by atoms with E-state index < -0.39 is 0 Å². The molecule has 1 aromatic heterocycles. The number of ether oxygens (including phenoxy) is 1. The first-order chi connectivity index (χ1) is 22.8. The van der Waals surface area contributed by atoms with Crippen molar-refractivity contribution in [2.45, 2.75) is 39.2 Å². The molecule has 2 amide bonds. The lowest BCUT2D eigenvalue weighted by molar-refractivity contribution is 0.0599. The number of piperidine rings is 1. The molecule has 0 radical (unpaired) electrons. The Kier molecular flexibility index (Phi) is 9.29. The second kappa shape index (κ2) is 13.9. The maximum absolute atomic E-state index is 13.9. The number of hydrogen-bond donors (Lipinski definition) is 1. The Morgan fingerprint density at radius 1 is 0.851 bits per heavy atom. The summed E-state index contributed by atoms with van der Waals surface area (Å²) in [7, 11) is 1.37. The van der Waals surface area contributed by atoms with Crippen molar-refractivity contribution in [3.8, 4) is 11.4 Å². The molecular weight excluding hydrogens is 588 g/mol. The van der Waals surface area contributed by atoms with Gasteiger partial charge in [-0.3, -0.25) is 9.59 Å². The van der Waals surface area contributed by atoms with Crippen molar-refractivity contribution in [2.24, 2.45) is 0 Å². The van der Waals surface area contributed by atoms with Gasteiger partial charge in [-0.1, -0.05) is 78.9 Å². The predicted molar refractivity (Wildman–Crippen MR) is 183 cm³/mol. The molecule has 5 aromatic rings. The quantitative estimate of drug-likeness (QED) is 0.183. The number of imidazole rings is 1. The molecule has 1 saturated heterocycles. The lowest BCUT2D eigenvalue weighted by Crippen LogP contribution is -2.38. The Balaban J connectivity index is 1.19. The van der Waals surface area contributed by atoms with E-state index in [1.807, 2.05) is 108 Å². The number of carbonyl (C=O) groups is 3. The summed E-state index contributed by atoms with van der Waals surface area (Å²) in [4.78, 5) is 46.2. The second-order valence-corrected chi connectivity index (χ2v) is 12.0. The van der Waals surface area contributed by atoms with Crippen molar-refractivity contribution >= 4 is 23.5 Å². The molecule has 0 aliphatic carbocycles. The third-order valence-electron chi connectivity index (χ3n) is 8.88. The highest BCUT2D eigenvalue weighted by Crippen LogP contribution is 2.30. The monoisotopic (exact) mass is 626 g/mol. The zero-order chi connectivity index (χ0) is 32.9. The van der Waals surface area contributed by atoms with Gasteiger partial charge in [0, 0.05) is 36.4 Å². The van der Waals surface area contributed by atoms with Crippen molar-refractivity contribution in [3.05, 3.63) is 142 Å². The lowest BCUT2D eigenvalue weighted by atomic mass is 9.88. The van der Waals surface area contributed by atoms with Crippen molar-refractivity contribution in [3.63, 3.8) is 0 Å². The summed E-state index contributed by atoms with van der Waals surface area (Å²) in [5.41, 5.74) is 6.75. The number of nitrogens with one attached hydrogen (secondary N) is 1. The van der Waals surface area contributed by atoms with Gasteiger partial charge in [0.1, 0.15) is 11.5 Å². The second-order valence-electron chi connectivity index (χ2n) is 12.0. The van der Waals surface area contributed by atoms with Crippen LogP contribution in [0.5, 0.6) is 0 Å². The molecule has 47 heavy (non-hydrogen) atoms. The standard InChI is InChI=1S/C39H38N4O4/c1-26-14-19-33(24-34(26)38(45)42-22-20-30(21-23-42)29-15-17-32(18-16-29)39(46)47-3)41-37(44)35-27(2)40-36(31-12-8-5-9-13-31)43(35)25-28-10-6-4-7-11-28/h4-19,24,30H,20-23,25H2,1-3H3,(H,41,44). The predicted octanol–water partition coefficient (Wildman–Crippen LogP) is 7.27. The van der Waals surface area contributed by atoms with Crippen LogP contribution in [0.2, 0.25) is 0 Å². The fourth-order valence-electron chi connectivity index (χ4n) is 6.30. The fraction of sp³-hybridized carbons (Fsp3) is 0.231. The molecule has 1 fully saturated rings. The van der Waals surface area contributed by atoms with Gasteiger partial charge in [0.15, 0.2) is 0 Å². The highest BCUT2D eigenvalue weighted by Gasteiger charge is 2.27. The topological polar surface area (TPSA) is 93.5 Å². The number of carbonyl (C=O) groups excluding carboxylic acids is 3. The largest absolute Gasteiger partial charge is 0.465 e. The Morgan fingerprint density at radius 3 is 2.17 bits per heavy atom. The molecule has 2 heterocycles. The van der Waals surface area contributed by atoms with E-state index in [-0.39, 0.29) is 17.8 Å². The van der Waals surface area contributed by atoms with Crippen LogP contribution in [-0.2, 0) is 11.3 Å². The van der Waals surface area contributed by atoms with Gasteiger partial charge in [-0.25, -0.2) is 9.78 Å². The molecule has 8 nitrogen and oxygen atoms in total. The van der Waals surface area contributed by atoms with Crippen LogP contribution >= 0.6 is 0 Å². The summed E-state index contributed by atoms with van der Waals surface area (Å²) in [6, 6.07) is 32.9. The van der Waals surface area contributed by atoms with Gasteiger partial charge in [-0.15, -0.1) is 0 Å².